The van der Waals surface area contributed by atoms with Crippen LogP contribution in [-0.2, 0) is 16.6 Å². The normalized spacial score (nSPS) is 12.3. The first kappa shape index (κ1) is 24.7. The minimum absolute atomic E-state index is 0.0436. The lowest BCUT2D eigenvalue weighted by Gasteiger charge is -2.10. The van der Waals surface area contributed by atoms with Crippen molar-refractivity contribution in [3.8, 4) is 5.75 Å². The second-order valence-corrected chi connectivity index (χ2v) is 9.63. The minimum Gasteiger partial charge on any atom is -0.497 e. The maximum absolute atomic E-state index is 13.4. The first-order valence-corrected chi connectivity index (χ1v) is 12.6. The second-order valence-electron chi connectivity index (χ2n) is 6.86. The highest BCUT2D eigenvalue weighted by atomic mass is 35.5. The number of nitrogens with zero attached hydrogens (tertiary/aromatic N) is 1. The summed E-state index contributed by atoms with van der Waals surface area (Å²) >= 11 is 7.46. The van der Waals surface area contributed by atoms with Crippen LogP contribution < -0.4 is 4.74 Å². The summed E-state index contributed by atoms with van der Waals surface area (Å²) in [5, 5.41) is 11.4. The molecule has 170 valence electrons. The molecule has 0 aliphatic carbocycles. The Bertz CT molecular complexity index is 1240. The summed E-state index contributed by atoms with van der Waals surface area (Å²) in [5.74, 6) is 0.917. The van der Waals surface area contributed by atoms with Crippen molar-refractivity contribution in [2.75, 3.05) is 13.4 Å². The van der Waals surface area contributed by atoms with Crippen LogP contribution in [0, 0.1) is 10.1 Å². The number of para-hydroxylation sites is 1. The molecule has 1 unspecified atom stereocenters. The van der Waals surface area contributed by atoms with Crippen molar-refractivity contribution in [2.45, 2.75) is 10.6 Å². The topological polar surface area (TPSA) is 86.5 Å². The number of Topliss-reactive ketones (excluding diaryl/α,β-unsaturated/α-hetero) is 1. The van der Waals surface area contributed by atoms with E-state index in [0.717, 1.165) is 16.2 Å². The Kier molecular flexibility index (Phi) is 8.43. The Morgan fingerprint density at radius 3 is 2.45 bits per heavy atom. The molecule has 3 aromatic rings. The number of carbonyl (C=O) groups excluding carboxylic acids is 1. The lowest BCUT2D eigenvalue weighted by atomic mass is 10.1. The van der Waals surface area contributed by atoms with Crippen molar-refractivity contribution in [2.24, 2.45) is 0 Å². The Morgan fingerprint density at radius 2 is 1.82 bits per heavy atom. The smallest absolute Gasteiger partial charge is 0.295 e. The number of rotatable bonds is 9. The maximum atomic E-state index is 13.4. The van der Waals surface area contributed by atoms with Crippen molar-refractivity contribution in [3.05, 3.63) is 103 Å². The summed E-state index contributed by atoms with van der Waals surface area (Å²) in [6.45, 7) is 0. The van der Waals surface area contributed by atoms with Crippen LogP contribution in [0.4, 0.5) is 5.69 Å². The van der Waals surface area contributed by atoms with Crippen LogP contribution in [0.2, 0.25) is 5.02 Å². The summed E-state index contributed by atoms with van der Waals surface area (Å²) in [5.41, 5.74) is 1.21. The average Bonchev–Trinajstić information content (AvgIpc) is 2.81. The van der Waals surface area contributed by atoms with Gasteiger partial charge in [-0.2, -0.15) is 0 Å². The Labute approximate surface area is 203 Å². The third kappa shape index (κ3) is 6.10. The van der Waals surface area contributed by atoms with Crippen molar-refractivity contribution in [3.63, 3.8) is 0 Å². The summed E-state index contributed by atoms with van der Waals surface area (Å²) in [4.78, 5) is 24.9. The molecule has 0 amide bonds. The van der Waals surface area contributed by atoms with Crippen LogP contribution >= 0.6 is 23.4 Å². The Morgan fingerprint density at radius 1 is 1.12 bits per heavy atom. The fraction of sp³-hybridized carbons (Fsp3) is 0.125. The van der Waals surface area contributed by atoms with Gasteiger partial charge in [-0.3, -0.25) is 19.1 Å². The molecule has 0 aliphatic rings. The van der Waals surface area contributed by atoms with Gasteiger partial charge in [0.15, 0.2) is 0 Å². The number of halogens is 1. The van der Waals surface area contributed by atoms with E-state index in [9.17, 15) is 19.1 Å². The Hall–Kier alpha value is -2.94. The van der Waals surface area contributed by atoms with Gasteiger partial charge in [0.1, 0.15) is 10.8 Å². The number of benzene rings is 3. The molecule has 0 bridgehead atoms. The molecular weight excluding hydrogens is 482 g/mol. The average molecular weight is 502 g/mol. The van der Waals surface area contributed by atoms with E-state index < -0.39 is 21.5 Å². The van der Waals surface area contributed by atoms with E-state index in [4.69, 9.17) is 16.3 Å². The molecule has 0 spiro atoms. The molecule has 0 aliphatic heterocycles. The van der Waals surface area contributed by atoms with E-state index in [0.29, 0.717) is 11.3 Å². The van der Waals surface area contributed by atoms with Crippen LogP contribution in [0.3, 0.4) is 0 Å². The number of nitro groups is 1. The molecule has 6 nitrogen and oxygen atoms in total. The number of carbonyl (C=O) groups is 1. The second kappa shape index (κ2) is 11.3. The fourth-order valence-electron chi connectivity index (χ4n) is 3.06. The first-order valence-electron chi connectivity index (χ1n) is 9.69. The van der Waals surface area contributed by atoms with E-state index in [1.165, 1.54) is 36.2 Å². The van der Waals surface area contributed by atoms with Crippen LogP contribution in [0.5, 0.6) is 5.75 Å². The van der Waals surface area contributed by atoms with Crippen LogP contribution in [0.25, 0.3) is 6.08 Å². The van der Waals surface area contributed by atoms with E-state index in [1.807, 2.05) is 36.4 Å². The van der Waals surface area contributed by atoms with Gasteiger partial charge in [-0.1, -0.05) is 41.9 Å². The lowest BCUT2D eigenvalue weighted by molar-refractivity contribution is -0.384. The summed E-state index contributed by atoms with van der Waals surface area (Å²) in [7, 11) is -0.0882. The number of methoxy groups -OCH3 is 1. The van der Waals surface area contributed by atoms with Gasteiger partial charge in [0.05, 0.1) is 33.3 Å². The number of hydrogen-bond acceptors (Lipinski definition) is 6. The molecule has 3 aromatic carbocycles. The third-order valence-corrected chi connectivity index (χ3v) is 7.08. The molecule has 0 radical (unpaired) electrons. The molecule has 0 aromatic heterocycles. The van der Waals surface area contributed by atoms with Gasteiger partial charge in [0.2, 0.25) is 5.78 Å². The number of hydrogen-bond donors (Lipinski definition) is 0. The number of ketones is 1. The third-order valence-electron chi connectivity index (χ3n) is 4.71. The SMILES string of the molecule is COc1ccc(CSc2ccccc2C(=O)/C(=C/c2cccc(Cl)c2[N+](=O)[O-])S(C)=O)cc1. The molecule has 0 N–H and O–H groups in total. The van der Waals surface area contributed by atoms with Crippen molar-refractivity contribution in [1.29, 1.82) is 0 Å². The van der Waals surface area contributed by atoms with Gasteiger partial charge in [0, 0.05) is 22.5 Å². The van der Waals surface area contributed by atoms with Gasteiger partial charge in [-0.25, -0.2) is 0 Å². The summed E-state index contributed by atoms with van der Waals surface area (Å²) in [6.07, 6.45) is 2.65. The fourth-order valence-corrected chi connectivity index (χ4v) is 4.98. The monoisotopic (exact) mass is 501 g/mol. The molecule has 33 heavy (non-hydrogen) atoms. The van der Waals surface area contributed by atoms with Crippen molar-refractivity contribution < 1.29 is 18.7 Å². The maximum Gasteiger partial charge on any atom is 0.295 e. The highest BCUT2D eigenvalue weighted by Crippen LogP contribution is 2.32. The molecular formula is C24H20ClNO5S2. The molecule has 3 rings (SSSR count). The highest BCUT2D eigenvalue weighted by Gasteiger charge is 2.23. The molecule has 0 saturated carbocycles. The standard InChI is InChI=1S/C24H20ClNO5S2/c1-31-18-12-10-16(11-13-18)15-32-21-9-4-3-7-19(21)24(27)22(33(2)30)14-17-6-5-8-20(25)23(17)26(28)29/h3-14H,15H2,1-2H3/b22-14-. The summed E-state index contributed by atoms with van der Waals surface area (Å²) < 4.78 is 17.7. The molecule has 0 saturated heterocycles. The van der Waals surface area contributed by atoms with Gasteiger partial charge in [-0.05, 0) is 48.0 Å². The molecule has 9 heteroatoms. The van der Waals surface area contributed by atoms with Gasteiger partial charge in [0.25, 0.3) is 5.69 Å². The number of allylic oxidation sites excluding steroid dienone is 1. The molecule has 1 atom stereocenters. The minimum atomic E-state index is -1.69. The lowest BCUT2D eigenvalue weighted by Crippen LogP contribution is -2.09. The number of nitro benzene ring substituents is 1. The van der Waals surface area contributed by atoms with E-state index in [2.05, 4.69) is 0 Å². The van der Waals surface area contributed by atoms with Crippen molar-refractivity contribution in [1.82, 2.24) is 0 Å². The zero-order valence-corrected chi connectivity index (χ0v) is 20.2. The number of ether oxygens (including phenoxy) is 1. The van der Waals surface area contributed by atoms with Gasteiger partial charge < -0.3 is 4.74 Å². The zero-order valence-electron chi connectivity index (χ0n) is 17.8. The van der Waals surface area contributed by atoms with E-state index in [1.54, 1.807) is 25.3 Å². The largest absolute Gasteiger partial charge is 0.497 e. The van der Waals surface area contributed by atoms with Gasteiger partial charge in [-0.15, -0.1) is 11.8 Å². The highest BCUT2D eigenvalue weighted by molar-refractivity contribution is 7.98. The van der Waals surface area contributed by atoms with Crippen LogP contribution in [-0.4, -0.2) is 28.3 Å². The summed E-state index contributed by atoms with van der Waals surface area (Å²) in [6, 6.07) is 19.1. The van der Waals surface area contributed by atoms with Crippen LogP contribution in [0.15, 0.2) is 76.5 Å². The van der Waals surface area contributed by atoms with Crippen molar-refractivity contribution >= 4 is 51.7 Å². The van der Waals surface area contributed by atoms with Crippen LogP contribution in [0.1, 0.15) is 21.5 Å². The first-order chi connectivity index (χ1) is 15.8. The van der Waals surface area contributed by atoms with E-state index in [-0.39, 0.29) is 21.2 Å². The number of thioether (sulfide) groups is 1. The molecule has 0 heterocycles. The predicted molar refractivity (Wildman–Crippen MR) is 133 cm³/mol. The van der Waals surface area contributed by atoms with Gasteiger partial charge >= 0.3 is 0 Å². The van der Waals surface area contributed by atoms with E-state index >= 15 is 0 Å². The molecule has 0 fully saturated rings. The quantitative estimate of drug-likeness (QED) is 0.115. The predicted octanol–water partition coefficient (Wildman–Crippen LogP) is 6.15. The zero-order chi connectivity index (χ0) is 24.0. The Balaban J connectivity index is 1.94.